The van der Waals surface area contributed by atoms with Crippen LogP contribution in [0.2, 0.25) is 0 Å². The van der Waals surface area contributed by atoms with Crippen molar-refractivity contribution in [1.29, 1.82) is 0 Å². The van der Waals surface area contributed by atoms with Gasteiger partial charge in [-0.3, -0.25) is 0 Å². The van der Waals surface area contributed by atoms with E-state index in [1.54, 1.807) is 0 Å². The maximum absolute atomic E-state index is 2.47. The molecular weight excluding hydrogens is 917 g/mol. The number of aromatic nitrogens is 2. The Labute approximate surface area is 444 Å². The Morgan fingerprint density at radius 3 is 1.07 bits per heavy atom. The molecular formula is C74H54N2. The molecule has 0 aliphatic heterocycles. The third-order valence-corrected chi connectivity index (χ3v) is 17.1. The van der Waals surface area contributed by atoms with E-state index in [0.717, 1.165) is 0 Å². The fourth-order valence-electron chi connectivity index (χ4n) is 13.1. The minimum absolute atomic E-state index is 0.150. The molecule has 2 nitrogen and oxygen atoms in total. The summed E-state index contributed by atoms with van der Waals surface area (Å²) >= 11 is 0. The molecule has 0 amide bonds. The fourth-order valence-corrected chi connectivity index (χ4v) is 13.1. The largest absolute Gasteiger partial charge is 0.309 e. The first-order valence-corrected chi connectivity index (χ1v) is 26.7. The van der Waals surface area contributed by atoms with E-state index in [2.05, 4.69) is 292 Å². The van der Waals surface area contributed by atoms with Crippen LogP contribution in [-0.4, -0.2) is 9.13 Å². The summed E-state index contributed by atoms with van der Waals surface area (Å²) in [7, 11) is 0. The van der Waals surface area contributed by atoms with Crippen LogP contribution >= 0.6 is 0 Å². The lowest BCUT2D eigenvalue weighted by atomic mass is 9.79. The third-order valence-electron chi connectivity index (χ3n) is 17.1. The van der Waals surface area contributed by atoms with Gasteiger partial charge in [0, 0.05) is 43.7 Å². The lowest BCUT2D eigenvalue weighted by Crippen LogP contribution is -2.15. The van der Waals surface area contributed by atoms with E-state index in [9.17, 15) is 0 Å². The van der Waals surface area contributed by atoms with E-state index in [0.29, 0.717) is 0 Å². The molecule has 11 aromatic carbocycles. The lowest BCUT2D eigenvalue weighted by molar-refractivity contribution is 0.659. The lowest BCUT2D eigenvalue weighted by Gasteiger charge is -2.24. The normalized spacial score (nSPS) is 13.9. The zero-order valence-electron chi connectivity index (χ0n) is 43.1. The standard InChI is InChI=1S/C74H54N2/c1-73(2)65-41-48(24-23-47-25-28-49(29-26-47)50-33-39-71-63(42-50)61-19-11-13-21-69(61)75(71)55-15-7-5-8-16-55)27-35-57(65)58-37-31-53(45-66(58)73)54-32-38-60-59-36-30-52(44-67(59)74(3,4)68(60)46-54)51-34-40-72-64(43-51)62-20-12-14-22-70(62)76(72)56-17-9-6-10-18-56/h5-46H,1-4H3. The van der Waals surface area contributed by atoms with Gasteiger partial charge >= 0.3 is 0 Å². The molecule has 0 spiro atoms. The van der Waals surface area contributed by atoms with Crippen LogP contribution < -0.4 is 0 Å². The van der Waals surface area contributed by atoms with Gasteiger partial charge in [0.25, 0.3) is 0 Å². The van der Waals surface area contributed by atoms with E-state index in [1.165, 1.54) is 144 Å². The highest BCUT2D eigenvalue weighted by molar-refractivity contribution is 6.12. The van der Waals surface area contributed by atoms with Gasteiger partial charge in [-0.2, -0.15) is 0 Å². The van der Waals surface area contributed by atoms with Gasteiger partial charge in [-0.1, -0.05) is 204 Å². The van der Waals surface area contributed by atoms with Crippen molar-refractivity contribution < 1.29 is 0 Å². The molecule has 2 aromatic heterocycles. The highest BCUT2D eigenvalue weighted by atomic mass is 15.0. The summed E-state index contributed by atoms with van der Waals surface area (Å²) < 4.78 is 4.76. The number of rotatable bonds is 7. The molecule has 360 valence electrons. The molecule has 76 heavy (non-hydrogen) atoms. The van der Waals surface area contributed by atoms with Crippen molar-refractivity contribution >= 4 is 55.8 Å². The van der Waals surface area contributed by atoms with Crippen LogP contribution in [0, 0.1) is 0 Å². The highest BCUT2D eigenvalue weighted by Gasteiger charge is 2.38. The number of benzene rings is 11. The first-order chi connectivity index (χ1) is 37.2. The fraction of sp³-hybridized carbons (Fsp3) is 0.0811. The molecule has 0 fully saturated rings. The van der Waals surface area contributed by atoms with Crippen molar-refractivity contribution in [2.24, 2.45) is 0 Å². The third kappa shape index (κ3) is 6.73. The van der Waals surface area contributed by atoms with Gasteiger partial charge in [0.2, 0.25) is 0 Å². The number of hydrogen-bond donors (Lipinski definition) is 0. The van der Waals surface area contributed by atoms with Crippen LogP contribution in [0.3, 0.4) is 0 Å². The SMILES string of the molecule is CC1(C)c2cc(C=Cc3ccc(-c4ccc5c(c4)c4ccccc4n5-c4ccccc4)cc3)ccc2-c2ccc(-c3ccc4c(c3)C(C)(C)c3cc(-c5ccc6c(c5)c5ccccc5n6-c5ccccc5)ccc3-4)cc21. The Kier molecular flexibility index (Phi) is 9.69. The molecule has 2 heterocycles. The average Bonchev–Trinajstić information content (AvgIpc) is 4.23. The van der Waals surface area contributed by atoms with Gasteiger partial charge in [-0.05, 0) is 168 Å². The summed E-state index contributed by atoms with van der Waals surface area (Å²) in [4.78, 5) is 0. The van der Waals surface area contributed by atoms with Crippen LogP contribution in [0.25, 0.3) is 123 Å². The molecule has 0 radical (unpaired) electrons. The van der Waals surface area contributed by atoms with Crippen molar-refractivity contribution in [3.05, 3.63) is 276 Å². The van der Waals surface area contributed by atoms with Gasteiger partial charge in [0.15, 0.2) is 0 Å². The van der Waals surface area contributed by atoms with E-state index >= 15 is 0 Å². The first-order valence-electron chi connectivity index (χ1n) is 26.7. The summed E-state index contributed by atoms with van der Waals surface area (Å²) in [5.74, 6) is 0. The maximum Gasteiger partial charge on any atom is 0.0541 e. The van der Waals surface area contributed by atoms with Crippen molar-refractivity contribution in [1.82, 2.24) is 9.13 Å². The van der Waals surface area contributed by atoms with Crippen molar-refractivity contribution in [3.8, 4) is 67.0 Å². The predicted octanol–water partition coefficient (Wildman–Crippen LogP) is 19.7. The summed E-state index contributed by atoms with van der Waals surface area (Å²) in [5.41, 5.74) is 27.7. The molecule has 2 aliphatic rings. The first kappa shape index (κ1) is 44.3. The van der Waals surface area contributed by atoms with Crippen LogP contribution in [0.15, 0.2) is 243 Å². The summed E-state index contributed by atoms with van der Waals surface area (Å²) in [6, 6.07) is 90.2. The quantitative estimate of drug-likeness (QED) is 0.141. The van der Waals surface area contributed by atoms with Gasteiger partial charge in [0.1, 0.15) is 0 Å². The van der Waals surface area contributed by atoms with Gasteiger partial charge in [-0.25, -0.2) is 0 Å². The highest BCUT2D eigenvalue weighted by Crippen LogP contribution is 2.53. The molecule has 0 saturated carbocycles. The second-order valence-corrected chi connectivity index (χ2v) is 22.1. The number of nitrogens with zero attached hydrogens (tertiary/aromatic N) is 2. The molecule has 2 aliphatic carbocycles. The van der Waals surface area contributed by atoms with Crippen molar-refractivity contribution in [3.63, 3.8) is 0 Å². The van der Waals surface area contributed by atoms with E-state index < -0.39 is 0 Å². The van der Waals surface area contributed by atoms with E-state index in [4.69, 9.17) is 0 Å². The Hall–Kier alpha value is -9.24. The molecule has 2 heteroatoms. The maximum atomic E-state index is 2.47. The minimum atomic E-state index is -0.163. The molecule has 15 rings (SSSR count). The van der Waals surface area contributed by atoms with Gasteiger partial charge in [-0.15, -0.1) is 0 Å². The summed E-state index contributed by atoms with van der Waals surface area (Å²) in [6.45, 7) is 9.59. The van der Waals surface area contributed by atoms with Gasteiger partial charge < -0.3 is 9.13 Å². The zero-order valence-corrected chi connectivity index (χ0v) is 43.1. The molecule has 0 N–H and O–H groups in total. The van der Waals surface area contributed by atoms with Gasteiger partial charge in [0.05, 0.1) is 22.1 Å². The monoisotopic (exact) mass is 970 g/mol. The second-order valence-electron chi connectivity index (χ2n) is 22.1. The topological polar surface area (TPSA) is 9.86 Å². The Balaban J connectivity index is 0.684. The predicted molar refractivity (Wildman–Crippen MR) is 322 cm³/mol. The molecule has 0 saturated heterocycles. The van der Waals surface area contributed by atoms with Crippen LogP contribution in [0.1, 0.15) is 61.1 Å². The second kappa shape index (κ2) is 16.6. The Morgan fingerprint density at radius 2 is 0.592 bits per heavy atom. The van der Waals surface area contributed by atoms with Crippen LogP contribution in [-0.2, 0) is 10.8 Å². The summed E-state index contributed by atoms with van der Waals surface area (Å²) in [6.07, 6.45) is 4.51. The van der Waals surface area contributed by atoms with Crippen LogP contribution in [0.4, 0.5) is 0 Å². The number of fused-ring (bicyclic) bond motifs is 12. The zero-order chi connectivity index (χ0) is 50.9. The average molecular weight is 971 g/mol. The molecule has 13 aromatic rings. The van der Waals surface area contributed by atoms with Crippen molar-refractivity contribution in [2.45, 2.75) is 38.5 Å². The van der Waals surface area contributed by atoms with Crippen LogP contribution in [0.5, 0.6) is 0 Å². The molecule has 0 unspecified atom stereocenters. The molecule has 0 atom stereocenters. The Bertz CT molecular complexity index is 4540. The Morgan fingerprint density at radius 1 is 0.263 bits per heavy atom. The number of hydrogen-bond acceptors (Lipinski definition) is 0. The smallest absolute Gasteiger partial charge is 0.0541 e. The minimum Gasteiger partial charge on any atom is -0.309 e. The van der Waals surface area contributed by atoms with E-state index in [-0.39, 0.29) is 10.8 Å². The molecule has 0 bridgehead atoms. The number of para-hydroxylation sites is 4. The van der Waals surface area contributed by atoms with Crippen molar-refractivity contribution in [2.75, 3.05) is 0 Å². The summed E-state index contributed by atoms with van der Waals surface area (Å²) in [5, 5.41) is 5.08. The van der Waals surface area contributed by atoms with E-state index in [1.807, 2.05) is 0 Å².